The van der Waals surface area contributed by atoms with E-state index in [0.29, 0.717) is 29.5 Å². The zero-order chi connectivity index (χ0) is 24.1. The van der Waals surface area contributed by atoms with Crippen LogP contribution in [0.4, 0.5) is 4.39 Å². The first kappa shape index (κ1) is 23.7. The molecule has 1 fully saturated rings. The van der Waals surface area contributed by atoms with Crippen molar-refractivity contribution >= 4 is 23.8 Å². The molecule has 0 atom stereocenters. The lowest BCUT2D eigenvalue weighted by atomic mass is 9.91. The minimum Gasteiger partial charge on any atom is -0.339 e. The number of hydrazine groups is 1. The van der Waals surface area contributed by atoms with E-state index in [9.17, 15) is 14.0 Å². The van der Waals surface area contributed by atoms with Gasteiger partial charge in [-0.2, -0.15) is 9.93 Å². The summed E-state index contributed by atoms with van der Waals surface area (Å²) in [4.78, 5) is 29.4. The highest BCUT2D eigenvalue weighted by molar-refractivity contribution is 7.97. The van der Waals surface area contributed by atoms with Gasteiger partial charge in [-0.25, -0.2) is 9.07 Å². The molecule has 2 N–H and O–H groups in total. The highest BCUT2D eigenvalue weighted by Gasteiger charge is 2.23. The molecule has 1 aromatic heterocycles. The lowest BCUT2D eigenvalue weighted by molar-refractivity contribution is -0.127. The van der Waals surface area contributed by atoms with Crippen LogP contribution in [-0.2, 0) is 4.79 Å². The number of carbonyl (C=O) groups is 2. The number of halogens is 1. The Balaban J connectivity index is 1.41. The van der Waals surface area contributed by atoms with Crippen LogP contribution in [-0.4, -0.2) is 39.6 Å². The number of rotatable bonds is 7. The Morgan fingerprint density at radius 2 is 1.97 bits per heavy atom. The van der Waals surface area contributed by atoms with Crippen molar-refractivity contribution in [3.63, 3.8) is 0 Å². The van der Waals surface area contributed by atoms with Gasteiger partial charge in [0.1, 0.15) is 5.82 Å². The van der Waals surface area contributed by atoms with Crippen LogP contribution in [0.3, 0.4) is 0 Å². The number of nitrogens with zero attached hydrogens (tertiary/aromatic N) is 3. The molecule has 0 radical (unpaired) electrons. The van der Waals surface area contributed by atoms with Crippen molar-refractivity contribution in [2.24, 2.45) is 0 Å². The third-order valence-corrected chi connectivity index (χ3v) is 6.56. The standard InChI is InChI=1S/C25H26FN5O2S/c1-3-24(32)30-10-8-18(9-11-30)20-15-27-31(16-20)21-13-17(2)12-19(14-21)25(33)28-29-34-23-7-5-4-6-22(23)26/h3-7,12-16,18,29H,1,8-11H2,2H3,(H,28,33). The second-order valence-electron chi connectivity index (χ2n) is 8.17. The zero-order valence-electron chi connectivity index (χ0n) is 18.8. The Morgan fingerprint density at radius 3 is 2.71 bits per heavy atom. The molecule has 4 rings (SSSR count). The van der Waals surface area contributed by atoms with Crippen LogP contribution in [0, 0.1) is 12.7 Å². The van der Waals surface area contributed by atoms with E-state index < -0.39 is 0 Å². The maximum Gasteiger partial charge on any atom is 0.266 e. The minimum absolute atomic E-state index is 0.0264. The number of aryl methyl sites for hydroxylation is 1. The topological polar surface area (TPSA) is 79.3 Å². The zero-order valence-corrected chi connectivity index (χ0v) is 19.6. The number of hydrogen-bond donors (Lipinski definition) is 2. The lowest BCUT2D eigenvalue weighted by Gasteiger charge is -2.30. The smallest absolute Gasteiger partial charge is 0.266 e. The van der Waals surface area contributed by atoms with E-state index in [1.165, 1.54) is 12.1 Å². The van der Waals surface area contributed by atoms with Gasteiger partial charge in [0, 0.05) is 24.8 Å². The van der Waals surface area contributed by atoms with Gasteiger partial charge in [0.25, 0.3) is 5.91 Å². The average molecular weight is 480 g/mol. The number of benzene rings is 2. The molecule has 176 valence electrons. The molecule has 0 spiro atoms. The van der Waals surface area contributed by atoms with Crippen LogP contribution in [0.2, 0.25) is 0 Å². The molecule has 2 aromatic carbocycles. The predicted molar refractivity (Wildman–Crippen MR) is 130 cm³/mol. The maximum absolute atomic E-state index is 13.7. The molecule has 2 heterocycles. The fraction of sp³-hybridized carbons (Fsp3) is 0.240. The van der Waals surface area contributed by atoms with E-state index in [0.717, 1.165) is 41.6 Å². The molecule has 34 heavy (non-hydrogen) atoms. The van der Waals surface area contributed by atoms with Crippen molar-refractivity contribution in [1.82, 2.24) is 24.9 Å². The van der Waals surface area contributed by atoms with Crippen molar-refractivity contribution in [3.05, 3.63) is 90.0 Å². The molecule has 3 aromatic rings. The summed E-state index contributed by atoms with van der Waals surface area (Å²) in [5.41, 5.74) is 5.86. The number of piperidine rings is 1. The second-order valence-corrected chi connectivity index (χ2v) is 9.02. The Morgan fingerprint density at radius 1 is 1.21 bits per heavy atom. The fourth-order valence-electron chi connectivity index (χ4n) is 4.00. The monoisotopic (exact) mass is 479 g/mol. The Bertz CT molecular complexity index is 1200. The number of aromatic nitrogens is 2. The molecule has 1 aliphatic rings. The van der Waals surface area contributed by atoms with Gasteiger partial charge in [-0.15, -0.1) is 0 Å². The fourth-order valence-corrected chi connectivity index (χ4v) is 4.57. The van der Waals surface area contributed by atoms with E-state index in [1.54, 1.807) is 35.0 Å². The van der Waals surface area contributed by atoms with E-state index >= 15 is 0 Å². The van der Waals surface area contributed by atoms with Gasteiger partial charge < -0.3 is 4.90 Å². The minimum atomic E-state index is -0.362. The highest BCUT2D eigenvalue weighted by Crippen LogP contribution is 2.28. The summed E-state index contributed by atoms with van der Waals surface area (Å²) in [5.74, 6) is -0.392. The van der Waals surface area contributed by atoms with E-state index in [2.05, 4.69) is 21.9 Å². The first-order valence-electron chi connectivity index (χ1n) is 11.0. The first-order chi connectivity index (χ1) is 16.4. The summed E-state index contributed by atoms with van der Waals surface area (Å²) >= 11 is 0.993. The van der Waals surface area contributed by atoms with Gasteiger partial charge in [0.15, 0.2) is 0 Å². The van der Waals surface area contributed by atoms with Gasteiger partial charge in [0.05, 0.1) is 16.8 Å². The van der Waals surface area contributed by atoms with Gasteiger partial charge >= 0.3 is 0 Å². The summed E-state index contributed by atoms with van der Waals surface area (Å²) in [6.45, 7) is 6.88. The van der Waals surface area contributed by atoms with Gasteiger partial charge in [-0.3, -0.25) is 15.0 Å². The highest BCUT2D eigenvalue weighted by atomic mass is 32.2. The third-order valence-electron chi connectivity index (χ3n) is 5.81. The number of likely N-dealkylation sites (tertiary alicyclic amines) is 1. The predicted octanol–water partition coefficient (Wildman–Crippen LogP) is 4.15. The number of amides is 2. The summed E-state index contributed by atoms with van der Waals surface area (Å²) in [6.07, 6.45) is 6.94. The second kappa shape index (κ2) is 10.7. The van der Waals surface area contributed by atoms with Crippen LogP contribution in [0.25, 0.3) is 5.69 Å². The molecule has 9 heteroatoms. The SMILES string of the molecule is C=CC(=O)N1CCC(c2cnn(-c3cc(C)cc(C(=O)NNSc4ccccc4F)c3)c2)CC1. The molecule has 0 saturated carbocycles. The molecule has 0 unspecified atom stereocenters. The Kier molecular flexibility index (Phi) is 7.44. The van der Waals surface area contributed by atoms with Crippen molar-refractivity contribution in [2.75, 3.05) is 13.1 Å². The van der Waals surface area contributed by atoms with Crippen molar-refractivity contribution in [3.8, 4) is 5.69 Å². The van der Waals surface area contributed by atoms with Crippen LogP contribution < -0.4 is 10.3 Å². The van der Waals surface area contributed by atoms with E-state index in [1.807, 2.05) is 30.3 Å². The Hall–Kier alpha value is -3.43. The third kappa shape index (κ3) is 5.55. The van der Waals surface area contributed by atoms with E-state index in [-0.39, 0.29) is 17.6 Å². The number of hydrogen-bond acceptors (Lipinski definition) is 5. The Labute approximate surface area is 202 Å². The summed E-state index contributed by atoms with van der Waals surface area (Å²) in [7, 11) is 0. The number of carbonyl (C=O) groups excluding carboxylic acids is 2. The van der Waals surface area contributed by atoms with Crippen LogP contribution >= 0.6 is 11.9 Å². The molecule has 7 nitrogen and oxygen atoms in total. The van der Waals surface area contributed by atoms with Crippen molar-refractivity contribution in [2.45, 2.75) is 30.6 Å². The van der Waals surface area contributed by atoms with Crippen molar-refractivity contribution < 1.29 is 14.0 Å². The van der Waals surface area contributed by atoms with Gasteiger partial charge in [0.2, 0.25) is 5.91 Å². The van der Waals surface area contributed by atoms with E-state index in [4.69, 9.17) is 0 Å². The normalized spacial score (nSPS) is 14.1. The molecule has 0 aliphatic carbocycles. The molecular formula is C25H26FN5O2S. The molecule has 1 saturated heterocycles. The molecule has 0 bridgehead atoms. The van der Waals surface area contributed by atoms with Crippen molar-refractivity contribution in [1.29, 1.82) is 0 Å². The van der Waals surface area contributed by atoms with Crippen LogP contribution in [0.5, 0.6) is 0 Å². The van der Waals surface area contributed by atoms with Crippen LogP contribution in [0.15, 0.2) is 72.4 Å². The quantitative estimate of drug-likeness (QED) is 0.302. The van der Waals surface area contributed by atoms with Gasteiger partial charge in [-0.1, -0.05) is 18.7 Å². The molecule has 1 aliphatic heterocycles. The summed E-state index contributed by atoms with van der Waals surface area (Å²) in [5, 5.41) is 4.51. The van der Waals surface area contributed by atoms with Crippen LogP contribution in [0.1, 0.15) is 40.2 Å². The maximum atomic E-state index is 13.7. The molecule has 2 amide bonds. The summed E-state index contributed by atoms with van der Waals surface area (Å²) < 4.78 is 15.5. The first-order valence-corrected chi connectivity index (χ1v) is 11.8. The average Bonchev–Trinajstić information content (AvgIpc) is 3.35. The van der Waals surface area contributed by atoms with Gasteiger partial charge in [-0.05, 0) is 85.2 Å². The summed E-state index contributed by atoms with van der Waals surface area (Å²) in [6, 6.07) is 11.8. The lowest BCUT2D eigenvalue weighted by Crippen LogP contribution is -2.36. The number of nitrogens with one attached hydrogen (secondary N) is 2. The largest absolute Gasteiger partial charge is 0.339 e. The molecular weight excluding hydrogens is 453 g/mol.